The van der Waals surface area contributed by atoms with Gasteiger partial charge >= 0.3 is 0 Å². The molecular formula is C35H64O4. The van der Waals surface area contributed by atoms with E-state index >= 15 is 0 Å². The van der Waals surface area contributed by atoms with Crippen LogP contribution in [-0.4, -0.2) is 46.3 Å². The summed E-state index contributed by atoms with van der Waals surface area (Å²) in [4.78, 5) is 0. The van der Waals surface area contributed by atoms with Crippen LogP contribution in [0.5, 0.6) is 0 Å². The molecule has 0 aromatic heterocycles. The average molecular weight is 549 g/mol. The average Bonchev–Trinajstić information content (AvgIpc) is 2.78. The molecule has 39 heavy (non-hydrogen) atoms. The lowest BCUT2D eigenvalue weighted by Crippen LogP contribution is -2.70. The first-order chi connectivity index (χ1) is 17.9. The van der Waals surface area contributed by atoms with Gasteiger partial charge in [0, 0.05) is 11.3 Å². The van der Waals surface area contributed by atoms with Gasteiger partial charge in [0.05, 0.1) is 31.0 Å². The minimum atomic E-state index is -0.554. The summed E-state index contributed by atoms with van der Waals surface area (Å²) < 4.78 is 6.23. The molecule has 4 saturated carbocycles. The first-order valence-corrected chi connectivity index (χ1v) is 16.5. The van der Waals surface area contributed by atoms with E-state index in [-0.39, 0.29) is 57.5 Å². The molecule has 4 aliphatic carbocycles. The topological polar surface area (TPSA) is 69.9 Å². The maximum absolute atomic E-state index is 12.3. The summed E-state index contributed by atoms with van der Waals surface area (Å²) in [5.74, 6) is 2.66. The molecule has 0 radical (unpaired) electrons. The van der Waals surface area contributed by atoms with E-state index < -0.39 is 12.2 Å². The van der Waals surface area contributed by atoms with Crippen molar-refractivity contribution in [1.29, 1.82) is 0 Å². The fourth-order valence-electron chi connectivity index (χ4n) is 11.4. The highest BCUT2D eigenvalue weighted by atomic mass is 16.5. The summed E-state index contributed by atoms with van der Waals surface area (Å²) in [6.07, 6.45) is 6.96. The van der Waals surface area contributed by atoms with Crippen LogP contribution in [0.2, 0.25) is 0 Å². The normalized spacial score (nSPS) is 51.8. The first kappa shape index (κ1) is 31.8. The molecule has 0 saturated heterocycles. The van der Waals surface area contributed by atoms with Gasteiger partial charge in [0.1, 0.15) is 0 Å². The predicted molar refractivity (Wildman–Crippen MR) is 160 cm³/mol. The number of hydrogen-bond acceptors (Lipinski definition) is 4. The SMILES string of the molecule is CC(CCC1CCC(C)C2C(O)C3C(C)C4(C)C(O)C(C(C)O)C(C)CC4(C)CC3(C)CC12)OCC(C)(C)C. The van der Waals surface area contributed by atoms with Crippen molar-refractivity contribution in [2.45, 2.75) is 146 Å². The lowest BCUT2D eigenvalue weighted by Gasteiger charge is -2.72. The molecule has 0 aromatic rings. The van der Waals surface area contributed by atoms with Crippen LogP contribution in [0, 0.1) is 69.0 Å². The molecule has 3 N–H and O–H groups in total. The maximum atomic E-state index is 12.3. The van der Waals surface area contributed by atoms with E-state index in [1.807, 2.05) is 6.92 Å². The smallest absolute Gasteiger partial charge is 0.0656 e. The Labute approximate surface area is 241 Å². The second kappa shape index (κ2) is 10.8. The molecule has 4 fully saturated rings. The highest BCUT2D eigenvalue weighted by Crippen LogP contribution is 2.73. The van der Waals surface area contributed by atoms with E-state index in [0.717, 1.165) is 25.9 Å². The van der Waals surface area contributed by atoms with Crippen LogP contribution >= 0.6 is 0 Å². The molecule has 4 aliphatic rings. The van der Waals surface area contributed by atoms with Crippen LogP contribution in [0.15, 0.2) is 0 Å². The van der Waals surface area contributed by atoms with E-state index in [1.165, 1.54) is 25.7 Å². The largest absolute Gasteiger partial charge is 0.393 e. The number of aliphatic hydroxyl groups excluding tert-OH is 3. The number of ether oxygens (including phenoxy) is 1. The van der Waals surface area contributed by atoms with Crippen molar-refractivity contribution in [3.63, 3.8) is 0 Å². The van der Waals surface area contributed by atoms with Gasteiger partial charge in [-0.3, -0.25) is 0 Å². The summed E-state index contributed by atoms with van der Waals surface area (Å²) in [5, 5.41) is 35.0. The summed E-state index contributed by atoms with van der Waals surface area (Å²) >= 11 is 0. The molecule has 15 unspecified atom stereocenters. The van der Waals surface area contributed by atoms with Gasteiger partial charge in [-0.15, -0.1) is 0 Å². The molecule has 0 spiro atoms. The molecule has 228 valence electrons. The Bertz CT molecular complexity index is 850. The molecule has 4 heteroatoms. The lowest BCUT2D eigenvalue weighted by atomic mass is 9.34. The van der Waals surface area contributed by atoms with Crippen molar-refractivity contribution in [2.24, 2.45) is 69.0 Å². The van der Waals surface area contributed by atoms with Gasteiger partial charge < -0.3 is 20.1 Å². The molecule has 4 nitrogen and oxygen atoms in total. The van der Waals surface area contributed by atoms with Gasteiger partial charge in [-0.25, -0.2) is 0 Å². The Hall–Kier alpha value is -0.160. The van der Waals surface area contributed by atoms with E-state index in [4.69, 9.17) is 4.74 Å². The second-order valence-electron chi connectivity index (χ2n) is 17.4. The van der Waals surface area contributed by atoms with Gasteiger partial charge in [0.2, 0.25) is 0 Å². The summed E-state index contributed by atoms with van der Waals surface area (Å²) in [7, 11) is 0. The zero-order valence-corrected chi connectivity index (χ0v) is 27.3. The first-order valence-electron chi connectivity index (χ1n) is 16.5. The van der Waals surface area contributed by atoms with Crippen molar-refractivity contribution in [1.82, 2.24) is 0 Å². The molecular weight excluding hydrogens is 484 g/mol. The van der Waals surface area contributed by atoms with Crippen LogP contribution in [0.25, 0.3) is 0 Å². The van der Waals surface area contributed by atoms with Crippen LogP contribution < -0.4 is 0 Å². The second-order valence-corrected chi connectivity index (χ2v) is 17.4. The van der Waals surface area contributed by atoms with Gasteiger partial charge in [0.15, 0.2) is 0 Å². The Kier molecular flexibility index (Phi) is 8.83. The van der Waals surface area contributed by atoms with Crippen molar-refractivity contribution in [3.05, 3.63) is 0 Å². The predicted octanol–water partition coefficient (Wildman–Crippen LogP) is 7.33. The quantitative estimate of drug-likeness (QED) is 0.325. The van der Waals surface area contributed by atoms with E-state index in [2.05, 4.69) is 69.2 Å². The number of aliphatic hydroxyl groups is 3. The summed E-state index contributed by atoms with van der Waals surface area (Å²) in [6.45, 7) is 25.8. The van der Waals surface area contributed by atoms with Crippen LogP contribution in [0.4, 0.5) is 0 Å². The summed E-state index contributed by atoms with van der Waals surface area (Å²) in [6, 6.07) is 0. The standard InChI is InChI=1S/C35H64O4/c1-20-12-14-25(15-13-22(3)39-19-32(6,7)8)26-17-33(9)18-34(10)16-21(2)27(24(5)36)31(38)35(34,11)23(4)29(33)30(37)28(20)26/h20-31,36-38H,12-19H2,1-11H3. The van der Waals surface area contributed by atoms with E-state index in [0.29, 0.717) is 23.7 Å². The highest BCUT2D eigenvalue weighted by Gasteiger charge is 2.70. The monoisotopic (exact) mass is 548 g/mol. The molecule has 15 atom stereocenters. The van der Waals surface area contributed by atoms with E-state index in [1.54, 1.807) is 0 Å². The van der Waals surface area contributed by atoms with Crippen molar-refractivity contribution in [2.75, 3.05) is 6.61 Å². The third-order valence-electron chi connectivity index (χ3n) is 13.3. The lowest BCUT2D eigenvalue weighted by molar-refractivity contribution is -0.279. The number of fused-ring (bicyclic) bond motifs is 3. The Morgan fingerprint density at radius 2 is 1.59 bits per heavy atom. The maximum Gasteiger partial charge on any atom is 0.0656 e. The Morgan fingerprint density at radius 1 is 0.949 bits per heavy atom. The fourth-order valence-corrected chi connectivity index (χ4v) is 11.4. The third kappa shape index (κ3) is 5.40. The number of hydrogen-bond donors (Lipinski definition) is 3. The van der Waals surface area contributed by atoms with Crippen molar-refractivity contribution < 1.29 is 20.1 Å². The molecule has 0 aliphatic heterocycles. The molecule has 0 aromatic carbocycles. The minimum Gasteiger partial charge on any atom is -0.393 e. The zero-order valence-electron chi connectivity index (χ0n) is 27.3. The fraction of sp³-hybridized carbons (Fsp3) is 1.00. The molecule has 0 bridgehead atoms. The highest BCUT2D eigenvalue weighted by molar-refractivity contribution is 5.18. The third-order valence-corrected chi connectivity index (χ3v) is 13.3. The van der Waals surface area contributed by atoms with Crippen molar-refractivity contribution in [3.8, 4) is 0 Å². The summed E-state index contributed by atoms with van der Waals surface area (Å²) in [5.41, 5.74) is -0.0801. The number of rotatable bonds is 6. The van der Waals surface area contributed by atoms with Crippen LogP contribution in [0.3, 0.4) is 0 Å². The Morgan fingerprint density at radius 3 is 2.18 bits per heavy atom. The van der Waals surface area contributed by atoms with Gasteiger partial charge in [0.25, 0.3) is 0 Å². The molecule has 0 heterocycles. The Balaban J connectivity index is 1.60. The van der Waals surface area contributed by atoms with Crippen molar-refractivity contribution >= 4 is 0 Å². The zero-order chi connectivity index (χ0) is 29.3. The van der Waals surface area contributed by atoms with Crippen LogP contribution in [-0.2, 0) is 4.74 Å². The van der Waals surface area contributed by atoms with Gasteiger partial charge in [-0.2, -0.15) is 0 Å². The van der Waals surface area contributed by atoms with E-state index in [9.17, 15) is 15.3 Å². The molecule has 0 amide bonds. The van der Waals surface area contributed by atoms with Gasteiger partial charge in [-0.05, 0) is 110 Å². The molecule has 4 rings (SSSR count). The van der Waals surface area contributed by atoms with Gasteiger partial charge in [-0.1, -0.05) is 68.7 Å². The minimum absolute atomic E-state index is 0.0143. The van der Waals surface area contributed by atoms with Crippen LogP contribution in [0.1, 0.15) is 121 Å².